The number of benzene rings is 1. The quantitative estimate of drug-likeness (QED) is 0.789. The molecule has 1 aromatic carbocycles. The van der Waals surface area contributed by atoms with Crippen molar-refractivity contribution >= 4 is 11.6 Å². The van der Waals surface area contributed by atoms with Crippen LogP contribution in [0.4, 0.5) is 4.39 Å². The summed E-state index contributed by atoms with van der Waals surface area (Å²) in [7, 11) is 0. The van der Waals surface area contributed by atoms with Gasteiger partial charge >= 0.3 is 5.97 Å². The molecule has 0 saturated heterocycles. The number of nitrogens with zero attached hydrogens (tertiary/aromatic N) is 4. The summed E-state index contributed by atoms with van der Waals surface area (Å²) in [5, 5.41) is 17.1. The highest BCUT2D eigenvalue weighted by atomic mass is 19.1. The third-order valence-electron chi connectivity index (χ3n) is 3.25. The van der Waals surface area contributed by atoms with Crippen molar-refractivity contribution in [3.63, 3.8) is 0 Å². The van der Waals surface area contributed by atoms with E-state index in [0.29, 0.717) is 11.2 Å². The van der Waals surface area contributed by atoms with E-state index in [2.05, 4.69) is 15.2 Å². The van der Waals surface area contributed by atoms with Crippen LogP contribution >= 0.6 is 0 Å². The van der Waals surface area contributed by atoms with Crippen molar-refractivity contribution in [2.45, 2.75) is 12.3 Å². The fourth-order valence-electron chi connectivity index (χ4n) is 2.21. The van der Waals surface area contributed by atoms with E-state index in [1.165, 1.54) is 18.6 Å². The summed E-state index contributed by atoms with van der Waals surface area (Å²) < 4.78 is 15.3. The van der Waals surface area contributed by atoms with E-state index >= 15 is 0 Å². The summed E-state index contributed by atoms with van der Waals surface area (Å²) in [6.45, 7) is 0. The van der Waals surface area contributed by atoms with E-state index in [9.17, 15) is 14.3 Å². The molecule has 1 unspecified atom stereocenters. The van der Waals surface area contributed by atoms with Crippen LogP contribution < -0.4 is 0 Å². The van der Waals surface area contributed by atoms with Gasteiger partial charge in [0.15, 0.2) is 5.65 Å². The fraction of sp³-hybridized carbons (Fsp3) is 0.143. The number of aromatic nitrogens is 4. The molecule has 0 aliphatic heterocycles. The van der Waals surface area contributed by atoms with Gasteiger partial charge in [-0.3, -0.25) is 14.2 Å². The molecule has 2 aromatic heterocycles. The maximum Gasteiger partial charge on any atom is 0.313 e. The molecule has 3 aromatic rings. The minimum atomic E-state index is -1.08. The lowest BCUT2D eigenvalue weighted by Gasteiger charge is -2.12. The van der Waals surface area contributed by atoms with Gasteiger partial charge in [-0.05, 0) is 18.1 Å². The molecule has 0 amide bonds. The van der Waals surface area contributed by atoms with E-state index in [-0.39, 0.29) is 12.1 Å². The first-order valence-electron chi connectivity index (χ1n) is 6.27. The molecule has 21 heavy (non-hydrogen) atoms. The van der Waals surface area contributed by atoms with Gasteiger partial charge in [-0.25, -0.2) is 4.39 Å². The van der Waals surface area contributed by atoms with Crippen LogP contribution in [0.15, 0.2) is 43.0 Å². The Kier molecular flexibility index (Phi) is 3.31. The van der Waals surface area contributed by atoms with Gasteiger partial charge in [0.1, 0.15) is 23.8 Å². The SMILES string of the molecule is O=C(O)C(Cc1ccccc1F)c1nccn2cnnc12. The molecule has 2 heterocycles. The molecule has 0 saturated carbocycles. The van der Waals surface area contributed by atoms with Crippen LogP contribution in [0.25, 0.3) is 5.65 Å². The zero-order valence-electron chi connectivity index (χ0n) is 10.8. The van der Waals surface area contributed by atoms with Crippen LogP contribution in [-0.4, -0.2) is 30.7 Å². The van der Waals surface area contributed by atoms with Gasteiger partial charge in [0.2, 0.25) is 0 Å². The molecule has 3 rings (SSSR count). The number of carbonyl (C=O) groups is 1. The number of fused-ring (bicyclic) bond motifs is 1. The highest BCUT2D eigenvalue weighted by Crippen LogP contribution is 2.23. The normalized spacial score (nSPS) is 12.4. The van der Waals surface area contributed by atoms with Gasteiger partial charge in [-0.1, -0.05) is 18.2 Å². The molecular weight excluding hydrogens is 275 g/mol. The minimum absolute atomic E-state index is 0.00153. The number of halogens is 1. The summed E-state index contributed by atoms with van der Waals surface area (Å²) in [5.74, 6) is -2.51. The van der Waals surface area contributed by atoms with Gasteiger partial charge < -0.3 is 5.11 Å². The van der Waals surface area contributed by atoms with Gasteiger partial charge in [0.05, 0.1) is 0 Å². The lowest BCUT2D eigenvalue weighted by molar-refractivity contribution is -0.138. The number of hydrogen-bond donors (Lipinski definition) is 1. The molecule has 7 heteroatoms. The number of rotatable bonds is 4. The zero-order chi connectivity index (χ0) is 14.8. The average Bonchev–Trinajstić information content (AvgIpc) is 2.94. The summed E-state index contributed by atoms with van der Waals surface area (Å²) in [6, 6.07) is 6.10. The highest BCUT2D eigenvalue weighted by molar-refractivity contribution is 5.78. The van der Waals surface area contributed by atoms with Crippen molar-refractivity contribution < 1.29 is 14.3 Å². The Morgan fingerprint density at radius 1 is 1.38 bits per heavy atom. The lowest BCUT2D eigenvalue weighted by Crippen LogP contribution is -2.17. The van der Waals surface area contributed by atoms with E-state index in [1.54, 1.807) is 28.8 Å². The summed E-state index contributed by atoms with van der Waals surface area (Å²) in [4.78, 5) is 15.7. The Bertz CT molecular complexity index is 802. The maximum absolute atomic E-state index is 13.7. The Morgan fingerprint density at radius 2 is 2.19 bits per heavy atom. The molecule has 0 bridgehead atoms. The minimum Gasteiger partial charge on any atom is -0.481 e. The molecule has 0 spiro atoms. The predicted molar refractivity (Wildman–Crippen MR) is 71.3 cm³/mol. The fourth-order valence-corrected chi connectivity index (χ4v) is 2.21. The number of hydrogen-bond acceptors (Lipinski definition) is 4. The van der Waals surface area contributed by atoms with E-state index < -0.39 is 17.7 Å². The van der Waals surface area contributed by atoms with E-state index in [1.807, 2.05) is 0 Å². The summed E-state index contributed by atoms with van der Waals surface area (Å²) in [5.41, 5.74) is 0.959. The Balaban J connectivity index is 2.05. The number of aliphatic carboxylic acids is 1. The molecule has 6 nitrogen and oxygen atoms in total. The van der Waals surface area contributed by atoms with Crippen molar-refractivity contribution in [2.75, 3.05) is 0 Å². The van der Waals surface area contributed by atoms with Crippen molar-refractivity contribution in [2.24, 2.45) is 0 Å². The summed E-state index contributed by atoms with van der Waals surface area (Å²) >= 11 is 0. The molecule has 0 radical (unpaired) electrons. The first-order chi connectivity index (χ1) is 10.2. The molecule has 0 aliphatic carbocycles. The van der Waals surface area contributed by atoms with Crippen molar-refractivity contribution in [1.29, 1.82) is 0 Å². The lowest BCUT2D eigenvalue weighted by atomic mass is 9.96. The van der Waals surface area contributed by atoms with Crippen LogP contribution in [0.3, 0.4) is 0 Å². The van der Waals surface area contributed by atoms with Gasteiger partial charge in [-0.2, -0.15) is 0 Å². The monoisotopic (exact) mass is 286 g/mol. The topological polar surface area (TPSA) is 80.4 Å². The molecule has 1 atom stereocenters. The molecule has 0 aliphatic rings. The Morgan fingerprint density at radius 3 is 2.95 bits per heavy atom. The molecular formula is C14H11FN4O2. The van der Waals surface area contributed by atoms with Crippen LogP contribution in [0.2, 0.25) is 0 Å². The first kappa shape index (κ1) is 13.2. The van der Waals surface area contributed by atoms with Crippen LogP contribution in [-0.2, 0) is 11.2 Å². The Hall–Kier alpha value is -2.83. The third-order valence-corrected chi connectivity index (χ3v) is 3.25. The highest BCUT2D eigenvalue weighted by Gasteiger charge is 2.26. The second-order valence-electron chi connectivity index (χ2n) is 4.56. The zero-order valence-corrected chi connectivity index (χ0v) is 10.8. The largest absolute Gasteiger partial charge is 0.481 e. The number of carboxylic acid groups (broad SMARTS) is 1. The molecule has 106 valence electrons. The van der Waals surface area contributed by atoms with Gasteiger partial charge in [0, 0.05) is 12.4 Å². The van der Waals surface area contributed by atoms with Gasteiger partial charge in [0.25, 0.3) is 0 Å². The molecule has 1 N–H and O–H groups in total. The average molecular weight is 286 g/mol. The van der Waals surface area contributed by atoms with Crippen LogP contribution in [0.5, 0.6) is 0 Å². The maximum atomic E-state index is 13.7. The Labute approximate surface area is 118 Å². The number of carboxylic acids is 1. The second kappa shape index (κ2) is 5.28. The van der Waals surface area contributed by atoms with Crippen molar-refractivity contribution in [1.82, 2.24) is 19.6 Å². The van der Waals surface area contributed by atoms with E-state index in [0.717, 1.165) is 0 Å². The van der Waals surface area contributed by atoms with Crippen LogP contribution in [0.1, 0.15) is 17.2 Å². The smallest absolute Gasteiger partial charge is 0.313 e. The third kappa shape index (κ3) is 2.45. The predicted octanol–water partition coefficient (Wildman–Crippen LogP) is 1.67. The van der Waals surface area contributed by atoms with Crippen molar-refractivity contribution in [3.8, 4) is 0 Å². The molecule has 0 fully saturated rings. The summed E-state index contributed by atoms with van der Waals surface area (Å²) in [6.07, 6.45) is 4.56. The van der Waals surface area contributed by atoms with Crippen molar-refractivity contribution in [3.05, 3.63) is 60.1 Å². The van der Waals surface area contributed by atoms with E-state index in [4.69, 9.17) is 0 Å². The second-order valence-corrected chi connectivity index (χ2v) is 4.56. The first-order valence-corrected chi connectivity index (χ1v) is 6.27. The van der Waals surface area contributed by atoms with Gasteiger partial charge in [-0.15, -0.1) is 10.2 Å². The van der Waals surface area contributed by atoms with Crippen LogP contribution in [0, 0.1) is 5.82 Å². The standard InChI is InChI=1S/C14H11FN4O2/c15-11-4-2-1-3-9(11)7-10(14(20)21)12-13-18-17-8-19(13)6-5-16-12/h1-6,8,10H,7H2,(H,20,21).